The van der Waals surface area contributed by atoms with Gasteiger partial charge in [0.05, 0.1) is 11.1 Å². The monoisotopic (exact) mass is 451 g/mol. The molecule has 0 amide bonds. The summed E-state index contributed by atoms with van der Waals surface area (Å²) in [6.07, 6.45) is 0. The van der Waals surface area contributed by atoms with Gasteiger partial charge >= 0.3 is 0 Å². The molecule has 0 aliphatic carbocycles. The van der Waals surface area contributed by atoms with Crippen LogP contribution in [0.1, 0.15) is 0 Å². The van der Waals surface area contributed by atoms with Crippen molar-refractivity contribution in [3.05, 3.63) is 65.1 Å². The molecule has 7 nitrogen and oxygen atoms in total. The molecule has 0 aliphatic rings. The number of phenolic OH excluding ortho intramolecular Hbond substituents is 4. The molecular weight excluding hydrogens is 438 g/mol. The first-order chi connectivity index (χ1) is 13.9. The fourth-order valence-corrected chi connectivity index (χ4v) is 3.03. The maximum absolute atomic E-state index is 10.2. The summed E-state index contributed by atoms with van der Waals surface area (Å²) in [4.78, 5) is 13.3. The lowest BCUT2D eigenvalue weighted by Gasteiger charge is -2.10. The van der Waals surface area contributed by atoms with E-state index in [-0.39, 0.29) is 34.6 Å². The largest absolute Gasteiger partial charge is 0.508 e. The van der Waals surface area contributed by atoms with Crippen molar-refractivity contribution in [1.29, 1.82) is 0 Å². The van der Waals surface area contributed by atoms with E-state index in [9.17, 15) is 20.4 Å². The van der Waals surface area contributed by atoms with E-state index in [2.05, 4.69) is 30.9 Å². The molecule has 0 unspecified atom stereocenters. The van der Waals surface area contributed by atoms with Gasteiger partial charge in [-0.25, -0.2) is 15.0 Å². The Morgan fingerprint density at radius 1 is 0.552 bits per heavy atom. The maximum atomic E-state index is 10.2. The first kappa shape index (κ1) is 18.7. The Morgan fingerprint density at radius 3 is 1.45 bits per heavy atom. The number of phenols is 4. The van der Waals surface area contributed by atoms with E-state index in [1.54, 1.807) is 0 Å². The highest BCUT2D eigenvalue weighted by molar-refractivity contribution is 9.10. The Balaban J connectivity index is 1.95. The lowest BCUT2D eigenvalue weighted by Crippen LogP contribution is -2.00. The van der Waals surface area contributed by atoms with E-state index >= 15 is 0 Å². The first-order valence-corrected chi connectivity index (χ1v) is 9.27. The number of nitrogens with zero attached hydrogens (tertiary/aromatic N) is 3. The third kappa shape index (κ3) is 3.83. The molecule has 4 aromatic rings. The summed E-state index contributed by atoms with van der Waals surface area (Å²) in [5.41, 5.74) is 1.29. The van der Waals surface area contributed by atoms with Gasteiger partial charge in [0.1, 0.15) is 23.0 Å². The van der Waals surface area contributed by atoms with E-state index in [1.807, 2.05) is 24.3 Å². The summed E-state index contributed by atoms with van der Waals surface area (Å²) in [6, 6.07) is 15.5. The fourth-order valence-electron chi connectivity index (χ4n) is 2.76. The van der Waals surface area contributed by atoms with E-state index in [4.69, 9.17) is 0 Å². The molecule has 8 heteroatoms. The van der Waals surface area contributed by atoms with Crippen molar-refractivity contribution < 1.29 is 20.4 Å². The quantitative estimate of drug-likeness (QED) is 0.362. The van der Waals surface area contributed by atoms with Crippen molar-refractivity contribution in [2.24, 2.45) is 0 Å². The highest BCUT2D eigenvalue weighted by Gasteiger charge is 2.17. The average Bonchev–Trinajstić information content (AvgIpc) is 2.68. The zero-order valence-corrected chi connectivity index (χ0v) is 16.4. The summed E-state index contributed by atoms with van der Waals surface area (Å²) in [5.74, 6) is 0.0839. The Kier molecular flexibility index (Phi) is 4.77. The van der Waals surface area contributed by atoms with E-state index in [0.717, 1.165) is 4.47 Å². The lowest BCUT2D eigenvalue weighted by molar-refractivity contribution is 0.451. The third-order valence-electron chi connectivity index (χ3n) is 4.18. The zero-order chi connectivity index (χ0) is 20.5. The molecule has 0 atom stereocenters. The van der Waals surface area contributed by atoms with Crippen molar-refractivity contribution in [3.63, 3.8) is 0 Å². The molecule has 144 valence electrons. The smallest absolute Gasteiger partial charge is 0.167 e. The standard InChI is InChI=1S/C21H14BrN3O4/c22-12-3-1-11(2-4-12)19-23-20(15-7-5-13(26)9-17(15)28)25-21(24-19)16-8-6-14(27)10-18(16)29/h1-10,26-29H. The van der Waals surface area contributed by atoms with Crippen LogP contribution in [0.2, 0.25) is 0 Å². The predicted octanol–water partition coefficient (Wildman–Crippen LogP) is 4.46. The van der Waals surface area contributed by atoms with Crippen LogP contribution in [0.4, 0.5) is 0 Å². The molecule has 1 heterocycles. The fraction of sp³-hybridized carbons (Fsp3) is 0. The van der Waals surface area contributed by atoms with Crippen LogP contribution in [-0.4, -0.2) is 35.4 Å². The SMILES string of the molecule is Oc1ccc(-c2nc(-c3ccc(Br)cc3)nc(-c3ccc(O)cc3O)n2)c(O)c1. The molecule has 3 aromatic carbocycles. The molecule has 0 saturated carbocycles. The predicted molar refractivity (Wildman–Crippen MR) is 110 cm³/mol. The number of hydrogen-bond donors (Lipinski definition) is 4. The van der Waals surface area contributed by atoms with Gasteiger partial charge in [-0.05, 0) is 36.4 Å². The van der Waals surface area contributed by atoms with Gasteiger partial charge in [-0.15, -0.1) is 0 Å². The number of rotatable bonds is 3. The topological polar surface area (TPSA) is 120 Å². The molecule has 29 heavy (non-hydrogen) atoms. The van der Waals surface area contributed by atoms with Crippen molar-refractivity contribution in [3.8, 4) is 57.2 Å². The number of aromatic nitrogens is 3. The van der Waals surface area contributed by atoms with Crippen LogP contribution in [0, 0.1) is 0 Å². The molecule has 1 aromatic heterocycles. The summed E-state index contributed by atoms with van der Waals surface area (Å²) >= 11 is 3.39. The highest BCUT2D eigenvalue weighted by atomic mass is 79.9. The molecule has 0 bridgehead atoms. The van der Waals surface area contributed by atoms with E-state index < -0.39 is 0 Å². The van der Waals surface area contributed by atoms with Gasteiger partial charge in [-0.3, -0.25) is 0 Å². The van der Waals surface area contributed by atoms with Crippen LogP contribution in [0.3, 0.4) is 0 Å². The Bertz CT molecular complexity index is 1140. The van der Waals surface area contributed by atoms with Gasteiger partial charge in [0, 0.05) is 22.2 Å². The van der Waals surface area contributed by atoms with Crippen molar-refractivity contribution in [1.82, 2.24) is 15.0 Å². The molecular formula is C21H14BrN3O4. The second-order valence-corrected chi connectivity index (χ2v) is 7.13. The molecule has 0 aliphatic heterocycles. The molecule has 0 saturated heterocycles. The Labute approximate surface area is 173 Å². The van der Waals surface area contributed by atoms with E-state index in [1.165, 1.54) is 36.4 Å². The minimum absolute atomic E-state index is 0.0927. The van der Waals surface area contributed by atoms with Crippen molar-refractivity contribution in [2.45, 2.75) is 0 Å². The summed E-state index contributed by atoms with van der Waals surface area (Å²) in [7, 11) is 0. The third-order valence-corrected chi connectivity index (χ3v) is 4.71. The summed E-state index contributed by atoms with van der Waals surface area (Å²) in [6.45, 7) is 0. The average molecular weight is 452 g/mol. The molecule has 0 fully saturated rings. The van der Waals surface area contributed by atoms with Gasteiger partial charge in [-0.2, -0.15) is 0 Å². The zero-order valence-electron chi connectivity index (χ0n) is 14.8. The number of benzene rings is 3. The Hall–Kier alpha value is -3.65. The first-order valence-electron chi connectivity index (χ1n) is 8.47. The Morgan fingerprint density at radius 2 is 1.00 bits per heavy atom. The summed E-state index contributed by atoms with van der Waals surface area (Å²) < 4.78 is 0.892. The number of hydrogen-bond acceptors (Lipinski definition) is 7. The highest BCUT2D eigenvalue weighted by Crippen LogP contribution is 2.35. The van der Waals surface area contributed by atoms with Crippen LogP contribution in [0.5, 0.6) is 23.0 Å². The van der Waals surface area contributed by atoms with Gasteiger partial charge < -0.3 is 20.4 Å². The normalized spacial score (nSPS) is 10.8. The number of aromatic hydroxyl groups is 4. The maximum Gasteiger partial charge on any atom is 0.167 e. The second kappa shape index (κ2) is 7.40. The van der Waals surface area contributed by atoms with Crippen LogP contribution in [0.15, 0.2) is 65.1 Å². The van der Waals surface area contributed by atoms with Crippen LogP contribution in [0.25, 0.3) is 34.2 Å². The van der Waals surface area contributed by atoms with Gasteiger partial charge in [0.25, 0.3) is 0 Å². The summed E-state index contributed by atoms with van der Waals surface area (Å²) in [5, 5.41) is 39.6. The van der Waals surface area contributed by atoms with Crippen LogP contribution < -0.4 is 0 Å². The van der Waals surface area contributed by atoms with Crippen LogP contribution >= 0.6 is 15.9 Å². The van der Waals surface area contributed by atoms with Crippen molar-refractivity contribution >= 4 is 15.9 Å². The van der Waals surface area contributed by atoms with Gasteiger partial charge in [0.15, 0.2) is 17.5 Å². The molecule has 0 radical (unpaired) electrons. The molecule has 4 N–H and O–H groups in total. The molecule has 4 rings (SSSR count). The number of halogens is 1. The van der Waals surface area contributed by atoms with Gasteiger partial charge in [0.2, 0.25) is 0 Å². The minimum atomic E-state index is -0.196. The van der Waals surface area contributed by atoms with Gasteiger partial charge in [-0.1, -0.05) is 28.1 Å². The minimum Gasteiger partial charge on any atom is -0.508 e. The second-order valence-electron chi connectivity index (χ2n) is 6.22. The van der Waals surface area contributed by atoms with E-state index in [0.29, 0.717) is 22.5 Å². The molecule has 0 spiro atoms. The lowest BCUT2D eigenvalue weighted by atomic mass is 10.1. The van der Waals surface area contributed by atoms with Crippen LogP contribution in [-0.2, 0) is 0 Å². The van der Waals surface area contributed by atoms with Crippen molar-refractivity contribution in [2.75, 3.05) is 0 Å².